The fourth-order valence-corrected chi connectivity index (χ4v) is 3.00. The molecule has 1 fully saturated rings. The van der Waals surface area contributed by atoms with E-state index in [2.05, 4.69) is 29.1 Å². The van der Waals surface area contributed by atoms with Crippen molar-refractivity contribution in [3.8, 4) is 0 Å². The van der Waals surface area contributed by atoms with Crippen molar-refractivity contribution in [1.29, 1.82) is 0 Å². The summed E-state index contributed by atoms with van der Waals surface area (Å²) in [6, 6.07) is 6.68. The van der Waals surface area contributed by atoms with Gasteiger partial charge in [-0.1, -0.05) is 26.0 Å². The van der Waals surface area contributed by atoms with E-state index in [4.69, 9.17) is 0 Å². The van der Waals surface area contributed by atoms with Gasteiger partial charge in [0.05, 0.1) is 0 Å². The third-order valence-electron chi connectivity index (χ3n) is 3.72. The number of likely N-dealkylation sites (tertiary alicyclic amines) is 1. The molecular formula is C16H25FIN3. The van der Waals surface area contributed by atoms with Crippen LogP contribution in [0.25, 0.3) is 0 Å². The van der Waals surface area contributed by atoms with E-state index >= 15 is 0 Å². The number of nitrogens with one attached hydrogen (secondary N) is 1. The standard InChI is InChI=1S/C16H24FN3.HI/c1-12-7-13(2)11-20(10-12)16(18-3)19-9-14-5-4-6-15(17)8-14;/h4-6,8,12-13H,7,9-11H2,1-3H3,(H,18,19);1H. The van der Waals surface area contributed by atoms with Crippen LogP contribution in [-0.2, 0) is 6.54 Å². The number of rotatable bonds is 2. The molecule has 3 nitrogen and oxygen atoms in total. The molecule has 0 bridgehead atoms. The molecule has 0 radical (unpaired) electrons. The Bertz CT molecular complexity index is 468. The first-order valence-corrected chi connectivity index (χ1v) is 7.28. The molecule has 2 rings (SSSR count). The summed E-state index contributed by atoms with van der Waals surface area (Å²) in [5.41, 5.74) is 0.934. The van der Waals surface area contributed by atoms with Gasteiger partial charge >= 0.3 is 0 Å². The lowest BCUT2D eigenvalue weighted by atomic mass is 9.92. The number of halogens is 2. The molecule has 0 saturated carbocycles. The summed E-state index contributed by atoms with van der Waals surface area (Å²) in [6.07, 6.45) is 1.28. The SMILES string of the molecule is CN=C(NCc1cccc(F)c1)N1CC(C)CC(C)C1.I. The maximum atomic E-state index is 13.2. The molecular weight excluding hydrogens is 380 g/mol. The second-order valence-electron chi connectivity index (χ2n) is 5.88. The van der Waals surface area contributed by atoms with Crippen LogP contribution in [0.15, 0.2) is 29.3 Å². The minimum absolute atomic E-state index is 0. The highest BCUT2D eigenvalue weighted by Gasteiger charge is 2.23. The zero-order chi connectivity index (χ0) is 14.5. The Hall–Kier alpha value is -0.850. The van der Waals surface area contributed by atoms with Crippen LogP contribution < -0.4 is 5.32 Å². The normalized spacial score (nSPS) is 22.7. The average Bonchev–Trinajstić information content (AvgIpc) is 2.38. The van der Waals surface area contributed by atoms with Gasteiger partial charge in [0.1, 0.15) is 5.82 Å². The third-order valence-corrected chi connectivity index (χ3v) is 3.72. The van der Waals surface area contributed by atoms with Gasteiger partial charge < -0.3 is 10.2 Å². The van der Waals surface area contributed by atoms with E-state index in [1.54, 1.807) is 19.2 Å². The highest BCUT2D eigenvalue weighted by Crippen LogP contribution is 2.20. The number of hydrogen-bond donors (Lipinski definition) is 1. The van der Waals surface area contributed by atoms with E-state index < -0.39 is 0 Å². The van der Waals surface area contributed by atoms with Crippen molar-refractivity contribution >= 4 is 29.9 Å². The Morgan fingerprint density at radius 1 is 1.33 bits per heavy atom. The molecule has 0 aromatic heterocycles. The summed E-state index contributed by atoms with van der Waals surface area (Å²) >= 11 is 0. The van der Waals surface area contributed by atoms with Crippen molar-refractivity contribution in [3.63, 3.8) is 0 Å². The maximum absolute atomic E-state index is 13.2. The fraction of sp³-hybridized carbons (Fsp3) is 0.562. The molecule has 118 valence electrons. The van der Waals surface area contributed by atoms with Crippen molar-refractivity contribution < 1.29 is 4.39 Å². The van der Waals surface area contributed by atoms with Crippen LogP contribution in [-0.4, -0.2) is 31.0 Å². The van der Waals surface area contributed by atoms with Gasteiger partial charge in [-0.3, -0.25) is 4.99 Å². The highest BCUT2D eigenvalue weighted by molar-refractivity contribution is 14.0. The molecule has 1 N–H and O–H groups in total. The molecule has 5 heteroatoms. The second-order valence-corrected chi connectivity index (χ2v) is 5.88. The lowest BCUT2D eigenvalue weighted by Gasteiger charge is -2.37. The fourth-order valence-electron chi connectivity index (χ4n) is 3.00. The third kappa shape index (κ3) is 5.45. The Balaban J connectivity index is 0.00000220. The topological polar surface area (TPSA) is 27.6 Å². The molecule has 1 saturated heterocycles. The van der Waals surface area contributed by atoms with Gasteiger partial charge in [-0.2, -0.15) is 0 Å². The van der Waals surface area contributed by atoms with Gasteiger partial charge in [0.2, 0.25) is 0 Å². The van der Waals surface area contributed by atoms with Gasteiger partial charge in [-0.15, -0.1) is 24.0 Å². The second kappa shape index (κ2) is 8.56. The van der Waals surface area contributed by atoms with Crippen LogP contribution >= 0.6 is 24.0 Å². The lowest BCUT2D eigenvalue weighted by Crippen LogP contribution is -2.48. The zero-order valence-corrected chi connectivity index (χ0v) is 15.3. The number of hydrogen-bond acceptors (Lipinski definition) is 1. The molecule has 1 aromatic rings. The summed E-state index contributed by atoms with van der Waals surface area (Å²) in [7, 11) is 1.80. The van der Waals surface area contributed by atoms with Gasteiger partial charge in [0, 0.05) is 26.7 Å². The smallest absolute Gasteiger partial charge is 0.193 e. The van der Waals surface area contributed by atoms with Crippen LogP contribution in [0.2, 0.25) is 0 Å². The quantitative estimate of drug-likeness (QED) is 0.464. The molecule has 2 atom stereocenters. The predicted molar refractivity (Wildman–Crippen MR) is 96.5 cm³/mol. The van der Waals surface area contributed by atoms with Gasteiger partial charge in [0.25, 0.3) is 0 Å². The van der Waals surface area contributed by atoms with Gasteiger partial charge in [-0.05, 0) is 36.0 Å². The summed E-state index contributed by atoms with van der Waals surface area (Å²) < 4.78 is 13.2. The first-order valence-electron chi connectivity index (χ1n) is 7.28. The minimum Gasteiger partial charge on any atom is -0.352 e. The molecule has 1 aromatic carbocycles. The lowest BCUT2D eigenvalue weighted by molar-refractivity contribution is 0.208. The van der Waals surface area contributed by atoms with Crippen molar-refractivity contribution in [1.82, 2.24) is 10.2 Å². The maximum Gasteiger partial charge on any atom is 0.193 e. The molecule has 0 aliphatic carbocycles. The van der Waals surface area contributed by atoms with Crippen molar-refractivity contribution in [3.05, 3.63) is 35.6 Å². The van der Waals surface area contributed by atoms with E-state index in [-0.39, 0.29) is 29.8 Å². The van der Waals surface area contributed by atoms with Crippen molar-refractivity contribution in [2.24, 2.45) is 16.8 Å². The zero-order valence-electron chi connectivity index (χ0n) is 13.0. The van der Waals surface area contributed by atoms with E-state index in [0.29, 0.717) is 18.4 Å². The minimum atomic E-state index is -0.195. The summed E-state index contributed by atoms with van der Waals surface area (Å²) in [5, 5.41) is 3.33. The molecule has 0 amide bonds. The average molecular weight is 405 g/mol. The van der Waals surface area contributed by atoms with E-state index in [9.17, 15) is 4.39 Å². The van der Waals surface area contributed by atoms with Gasteiger partial charge in [-0.25, -0.2) is 4.39 Å². The highest BCUT2D eigenvalue weighted by atomic mass is 127. The predicted octanol–water partition coefficient (Wildman–Crippen LogP) is 3.50. The van der Waals surface area contributed by atoms with E-state index in [1.807, 2.05) is 6.07 Å². The molecule has 21 heavy (non-hydrogen) atoms. The summed E-state index contributed by atoms with van der Waals surface area (Å²) in [4.78, 5) is 6.66. The number of aliphatic imine (C=N–C) groups is 1. The summed E-state index contributed by atoms with van der Waals surface area (Å²) in [5.74, 6) is 2.09. The van der Waals surface area contributed by atoms with Crippen molar-refractivity contribution in [2.75, 3.05) is 20.1 Å². The Kier molecular flexibility index (Phi) is 7.42. The van der Waals surface area contributed by atoms with Crippen LogP contribution in [0.5, 0.6) is 0 Å². The van der Waals surface area contributed by atoms with Crippen LogP contribution in [0, 0.1) is 17.7 Å². The summed E-state index contributed by atoms with van der Waals surface area (Å²) in [6.45, 7) is 7.23. The number of piperidine rings is 1. The largest absolute Gasteiger partial charge is 0.352 e. The molecule has 1 aliphatic heterocycles. The Morgan fingerprint density at radius 2 is 2.00 bits per heavy atom. The molecule has 2 unspecified atom stereocenters. The van der Waals surface area contributed by atoms with Crippen LogP contribution in [0.3, 0.4) is 0 Å². The molecule has 1 aliphatic rings. The Morgan fingerprint density at radius 3 is 2.57 bits per heavy atom. The first-order chi connectivity index (χ1) is 9.58. The molecule has 1 heterocycles. The Labute approximate surface area is 144 Å². The monoisotopic (exact) mass is 405 g/mol. The number of guanidine groups is 1. The first kappa shape index (κ1) is 18.2. The van der Waals surface area contributed by atoms with Crippen LogP contribution in [0.1, 0.15) is 25.8 Å². The van der Waals surface area contributed by atoms with Crippen LogP contribution in [0.4, 0.5) is 4.39 Å². The van der Waals surface area contributed by atoms with E-state index in [1.165, 1.54) is 12.5 Å². The van der Waals surface area contributed by atoms with Gasteiger partial charge in [0.15, 0.2) is 5.96 Å². The van der Waals surface area contributed by atoms with Crippen molar-refractivity contribution in [2.45, 2.75) is 26.8 Å². The van der Waals surface area contributed by atoms with E-state index in [0.717, 1.165) is 24.6 Å². The number of nitrogens with zero attached hydrogens (tertiary/aromatic N) is 2. The molecule has 0 spiro atoms. The number of benzene rings is 1.